The van der Waals surface area contributed by atoms with Crippen LogP contribution >= 0.6 is 0 Å². The van der Waals surface area contributed by atoms with E-state index >= 15 is 0 Å². The van der Waals surface area contributed by atoms with E-state index in [1.165, 1.54) is 11.3 Å². The van der Waals surface area contributed by atoms with Gasteiger partial charge in [-0.25, -0.2) is 9.97 Å². The summed E-state index contributed by atoms with van der Waals surface area (Å²) in [6.07, 6.45) is 4.59. The maximum Gasteiger partial charge on any atom is 0.159 e. The largest absolute Gasteiger partial charge is 0.311 e. The summed E-state index contributed by atoms with van der Waals surface area (Å²) in [5, 5.41) is 3.38. The third kappa shape index (κ3) is 2.36. The zero-order valence-electron chi connectivity index (χ0n) is 11.3. The molecule has 1 aliphatic heterocycles. The quantitative estimate of drug-likeness (QED) is 0.893. The molecule has 2 aromatic rings. The van der Waals surface area contributed by atoms with Gasteiger partial charge in [0.2, 0.25) is 0 Å². The fraction of sp³-hybridized carbons (Fsp3) is 0.400. The number of rotatable bonds is 2. The molecule has 4 heteroatoms. The van der Waals surface area contributed by atoms with E-state index in [1.54, 1.807) is 12.4 Å². The molecule has 0 saturated carbocycles. The highest BCUT2D eigenvalue weighted by atomic mass is 15.0. The molecule has 1 aliphatic rings. The van der Waals surface area contributed by atoms with Gasteiger partial charge in [0.05, 0.1) is 11.4 Å². The molecule has 3 heterocycles. The van der Waals surface area contributed by atoms with Gasteiger partial charge in [-0.15, -0.1) is 0 Å². The van der Waals surface area contributed by atoms with Crippen molar-refractivity contribution in [3.63, 3.8) is 0 Å². The van der Waals surface area contributed by atoms with E-state index in [2.05, 4.69) is 24.1 Å². The fourth-order valence-corrected chi connectivity index (χ4v) is 2.50. The number of hydrogen-bond donors (Lipinski definition) is 1. The molecule has 0 bridgehead atoms. The van der Waals surface area contributed by atoms with E-state index in [1.807, 2.05) is 12.1 Å². The lowest BCUT2D eigenvalue weighted by Gasteiger charge is -2.21. The van der Waals surface area contributed by atoms with Crippen LogP contribution in [0, 0.1) is 0 Å². The molecule has 0 radical (unpaired) electrons. The highest BCUT2D eigenvalue weighted by molar-refractivity contribution is 5.55. The maximum atomic E-state index is 4.79. The summed E-state index contributed by atoms with van der Waals surface area (Å²) in [4.78, 5) is 13.6. The minimum atomic E-state index is 0.426. The molecule has 0 unspecified atom stereocenters. The minimum Gasteiger partial charge on any atom is -0.311 e. The van der Waals surface area contributed by atoms with E-state index < -0.39 is 0 Å². The fourth-order valence-electron chi connectivity index (χ4n) is 2.50. The van der Waals surface area contributed by atoms with Gasteiger partial charge in [-0.2, -0.15) is 0 Å². The first-order valence-corrected chi connectivity index (χ1v) is 6.76. The maximum absolute atomic E-state index is 4.79. The predicted octanol–water partition coefficient (Wildman–Crippen LogP) is 2.31. The van der Waals surface area contributed by atoms with Crippen molar-refractivity contribution in [2.24, 2.45) is 0 Å². The molecular weight excluding hydrogens is 236 g/mol. The van der Waals surface area contributed by atoms with Crippen LogP contribution in [0.5, 0.6) is 0 Å². The van der Waals surface area contributed by atoms with E-state index in [0.717, 1.165) is 36.6 Å². The van der Waals surface area contributed by atoms with Gasteiger partial charge in [-0.1, -0.05) is 13.8 Å². The van der Waals surface area contributed by atoms with E-state index in [9.17, 15) is 0 Å². The Morgan fingerprint density at radius 1 is 1.16 bits per heavy atom. The van der Waals surface area contributed by atoms with Gasteiger partial charge in [0.1, 0.15) is 0 Å². The topological polar surface area (TPSA) is 50.7 Å². The Kier molecular flexibility index (Phi) is 3.25. The lowest BCUT2D eigenvalue weighted by molar-refractivity contribution is 0.609. The Balaban J connectivity index is 2.14. The van der Waals surface area contributed by atoms with Crippen molar-refractivity contribution in [2.75, 3.05) is 6.54 Å². The molecule has 19 heavy (non-hydrogen) atoms. The number of aromatic nitrogens is 3. The Hall–Kier alpha value is -1.81. The SMILES string of the molecule is CC(C)c1nc(-c2ccncc2)nc2c1CCNC2. The van der Waals surface area contributed by atoms with Crippen LogP contribution in [-0.4, -0.2) is 21.5 Å². The van der Waals surface area contributed by atoms with Crippen molar-refractivity contribution in [3.05, 3.63) is 41.5 Å². The number of pyridine rings is 1. The highest BCUT2D eigenvalue weighted by Crippen LogP contribution is 2.25. The van der Waals surface area contributed by atoms with Crippen molar-refractivity contribution in [2.45, 2.75) is 32.7 Å². The van der Waals surface area contributed by atoms with Crippen molar-refractivity contribution in [1.29, 1.82) is 0 Å². The molecule has 0 atom stereocenters. The summed E-state index contributed by atoms with van der Waals surface area (Å²) in [7, 11) is 0. The lowest BCUT2D eigenvalue weighted by atomic mass is 9.97. The summed E-state index contributed by atoms with van der Waals surface area (Å²) in [6.45, 7) is 6.25. The summed E-state index contributed by atoms with van der Waals surface area (Å²) < 4.78 is 0. The van der Waals surface area contributed by atoms with E-state index in [4.69, 9.17) is 9.97 Å². The first-order valence-electron chi connectivity index (χ1n) is 6.76. The van der Waals surface area contributed by atoms with Crippen LogP contribution in [-0.2, 0) is 13.0 Å². The van der Waals surface area contributed by atoms with Crippen LogP contribution in [0.25, 0.3) is 11.4 Å². The molecule has 2 aromatic heterocycles. The highest BCUT2D eigenvalue weighted by Gasteiger charge is 2.19. The van der Waals surface area contributed by atoms with Crippen LogP contribution in [0.3, 0.4) is 0 Å². The van der Waals surface area contributed by atoms with Gasteiger partial charge in [0, 0.05) is 24.5 Å². The lowest BCUT2D eigenvalue weighted by Crippen LogP contribution is -2.27. The standard InChI is InChI=1S/C15H18N4/c1-10(2)14-12-5-8-17-9-13(12)18-15(19-14)11-3-6-16-7-4-11/h3-4,6-7,10,17H,5,8-9H2,1-2H3. The molecule has 4 nitrogen and oxygen atoms in total. The van der Waals surface area contributed by atoms with Gasteiger partial charge in [0.25, 0.3) is 0 Å². The summed E-state index contributed by atoms with van der Waals surface area (Å²) >= 11 is 0. The Morgan fingerprint density at radius 3 is 2.68 bits per heavy atom. The predicted molar refractivity (Wildman–Crippen MR) is 74.8 cm³/mol. The molecule has 0 fully saturated rings. The van der Waals surface area contributed by atoms with Gasteiger partial charge in [-0.05, 0) is 36.6 Å². The first-order chi connectivity index (χ1) is 9.25. The monoisotopic (exact) mass is 254 g/mol. The van der Waals surface area contributed by atoms with Crippen molar-refractivity contribution in [3.8, 4) is 11.4 Å². The molecule has 0 amide bonds. The van der Waals surface area contributed by atoms with Gasteiger partial charge in [0.15, 0.2) is 5.82 Å². The summed E-state index contributed by atoms with van der Waals surface area (Å²) in [5.41, 5.74) is 4.71. The Labute approximate surface area is 113 Å². The smallest absolute Gasteiger partial charge is 0.159 e. The second-order valence-corrected chi connectivity index (χ2v) is 5.18. The normalized spacial score (nSPS) is 14.5. The van der Waals surface area contributed by atoms with Crippen LogP contribution < -0.4 is 5.32 Å². The summed E-state index contributed by atoms with van der Waals surface area (Å²) in [6, 6.07) is 3.92. The van der Waals surface area contributed by atoms with Crippen LogP contribution in [0.1, 0.15) is 36.7 Å². The molecule has 0 spiro atoms. The molecule has 98 valence electrons. The van der Waals surface area contributed by atoms with Crippen LogP contribution in [0.4, 0.5) is 0 Å². The number of hydrogen-bond acceptors (Lipinski definition) is 4. The zero-order valence-corrected chi connectivity index (χ0v) is 11.3. The van der Waals surface area contributed by atoms with Crippen LogP contribution in [0.2, 0.25) is 0 Å². The van der Waals surface area contributed by atoms with Gasteiger partial charge in [-0.3, -0.25) is 4.98 Å². The third-order valence-corrected chi connectivity index (χ3v) is 3.45. The zero-order chi connectivity index (χ0) is 13.2. The van der Waals surface area contributed by atoms with E-state index in [-0.39, 0.29) is 0 Å². The van der Waals surface area contributed by atoms with Gasteiger partial charge < -0.3 is 5.32 Å². The first kappa shape index (κ1) is 12.2. The molecule has 0 saturated heterocycles. The molecule has 0 aliphatic carbocycles. The Morgan fingerprint density at radius 2 is 1.95 bits per heavy atom. The third-order valence-electron chi connectivity index (χ3n) is 3.45. The average Bonchev–Trinajstić information content (AvgIpc) is 2.47. The molecule has 1 N–H and O–H groups in total. The van der Waals surface area contributed by atoms with Crippen LogP contribution in [0.15, 0.2) is 24.5 Å². The van der Waals surface area contributed by atoms with Gasteiger partial charge >= 0.3 is 0 Å². The minimum absolute atomic E-state index is 0.426. The average molecular weight is 254 g/mol. The van der Waals surface area contributed by atoms with Crippen molar-refractivity contribution in [1.82, 2.24) is 20.3 Å². The number of fused-ring (bicyclic) bond motifs is 1. The van der Waals surface area contributed by atoms with Crippen molar-refractivity contribution < 1.29 is 0 Å². The summed E-state index contributed by atoms with van der Waals surface area (Å²) in [5.74, 6) is 1.24. The van der Waals surface area contributed by atoms with E-state index in [0.29, 0.717) is 5.92 Å². The molecular formula is C15H18N4. The number of nitrogens with zero attached hydrogens (tertiary/aromatic N) is 3. The second-order valence-electron chi connectivity index (χ2n) is 5.18. The second kappa shape index (κ2) is 5.05. The number of nitrogens with one attached hydrogen (secondary N) is 1. The molecule has 3 rings (SSSR count). The molecule has 0 aromatic carbocycles. The Bertz CT molecular complexity index is 578. The van der Waals surface area contributed by atoms with Crippen molar-refractivity contribution >= 4 is 0 Å².